The Morgan fingerprint density at radius 3 is 2.70 bits per heavy atom. The minimum atomic E-state index is 0.138. The quantitative estimate of drug-likeness (QED) is 0.750. The van der Waals surface area contributed by atoms with Crippen LogP contribution in [0.4, 0.5) is 0 Å². The molecule has 2 nitrogen and oxygen atoms in total. The molecule has 0 aromatic heterocycles. The Morgan fingerprint density at radius 1 is 1.35 bits per heavy atom. The van der Waals surface area contributed by atoms with Gasteiger partial charge in [-0.1, -0.05) is 33.3 Å². The molecule has 0 aromatic carbocycles. The van der Waals surface area contributed by atoms with Crippen LogP contribution < -0.4 is 5.73 Å². The fourth-order valence-electron chi connectivity index (χ4n) is 4.70. The van der Waals surface area contributed by atoms with E-state index in [-0.39, 0.29) is 11.8 Å². The van der Waals surface area contributed by atoms with E-state index in [1.807, 2.05) is 11.8 Å². The van der Waals surface area contributed by atoms with Crippen molar-refractivity contribution in [1.29, 1.82) is 0 Å². The topological polar surface area (TPSA) is 43.1 Å². The number of hydrogen-bond donors (Lipinski definition) is 1. The molecule has 0 radical (unpaired) electrons. The van der Waals surface area contributed by atoms with Crippen molar-refractivity contribution in [2.45, 2.75) is 59.3 Å². The second kappa shape index (κ2) is 8.71. The lowest BCUT2D eigenvalue weighted by Gasteiger charge is -2.39. The van der Waals surface area contributed by atoms with Gasteiger partial charge in [0.2, 0.25) is 0 Å². The van der Waals surface area contributed by atoms with E-state index in [4.69, 9.17) is 5.73 Å². The zero-order chi connectivity index (χ0) is 17.0. The van der Waals surface area contributed by atoms with E-state index in [1.54, 1.807) is 0 Å². The smallest absolute Gasteiger partial charge is 0.143 e. The first-order valence-corrected chi connectivity index (χ1v) is 10.7. The lowest BCUT2D eigenvalue weighted by Crippen LogP contribution is -2.37. The molecule has 2 aliphatic carbocycles. The minimum absolute atomic E-state index is 0.138. The van der Waals surface area contributed by atoms with Crippen LogP contribution in [0.15, 0.2) is 11.0 Å². The number of allylic oxidation sites excluding steroid dienone is 2. The molecule has 1 fully saturated rings. The number of Topliss-reactive ketones (excluding diaryl/α,β-unsaturated/α-hetero) is 1. The molecule has 0 saturated heterocycles. The summed E-state index contributed by atoms with van der Waals surface area (Å²) >= 11 is 1.82. The van der Waals surface area contributed by atoms with E-state index in [2.05, 4.69) is 33.1 Å². The zero-order valence-electron chi connectivity index (χ0n) is 15.4. The Bertz CT molecular complexity index is 431. The highest BCUT2D eigenvalue weighted by atomic mass is 32.2. The molecule has 0 bridgehead atoms. The molecule has 0 amide bonds. The van der Waals surface area contributed by atoms with Crippen LogP contribution in [0.1, 0.15) is 59.3 Å². The molecular weight excluding hydrogens is 302 g/mol. The molecule has 5 unspecified atom stereocenters. The Labute approximate surface area is 147 Å². The average Bonchev–Trinajstić information content (AvgIpc) is 2.53. The largest absolute Gasteiger partial charge is 0.330 e. The van der Waals surface area contributed by atoms with Crippen LogP contribution in [-0.4, -0.2) is 18.6 Å². The number of ketones is 1. The Hall–Kier alpha value is -0.280. The van der Waals surface area contributed by atoms with E-state index in [1.165, 1.54) is 17.7 Å². The number of hydrogen-bond acceptors (Lipinski definition) is 3. The minimum Gasteiger partial charge on any atom is -0.330 e. The number of nitrogens with two attached hydrogens (primary N) is 1. The maximum Gasteiger partial charge on any atom is 0.143 e. The van der Waals surface area contributed by atoms with Crippen LogP contribution in [0.5, 0.6) is 0 Å². The Balaban J connectivity index is 2.15. The third kappa shape index (κ3) is 4.85. The summed E-state index contributed by atoms with van der Waals surface area (Å²) in [6.07, 6.45) is 11.2. The number of thioether (sulfide) groups is 1. The number of carbonyl (C=O) groups excluding carboxylic acids is 1. The highest BCUT2D eigenvalue weighted by Gasteiger charge is 2.39. The van der Waals surface area contributed by atoms with Gasteiger partial charge in [0, 0.05) is 11.8 Å². The van der Waals surface area contributed by atoms with Gasteiger partial charge in [0.25, 0.3) is 0 Å². The molecule has 2 rings (SSSR count). The standard InChI is InChI=1S/C20H35NOS/c1-13(2)18-6-5-14(3)9-19(18)20(22)16-10-15(7-8-21)11-17(12-16)23-4/h12-16,18-19H,5-11,21H2,1-4H3. The number of rotatable bonds is 6. The first-order valence-electron chi connectivity index (χ1n) is 9.44. The molecule has 0 aromatic rings. The lowest BCUT2D eigenvalue weighted by molar-refractivity contribution is -0.130. The van der Waals surface area contributed by atoms with Crippen LogP contribution in [0.2, 0.25) is 0 Å². The molecule has 0 aliphatic heterocycles. The van der Waals surface area contributed by atoms with Gasteiger partial charge in [-0.15, -0.1) is 11.8 Å². The van der Waals surface area contributed by atoms with Crippen LogP contribution in [0, 0.1) is 35.5 Å². The van der Waals surface area contributed by atoms with Crippen LogP contribution in [-0.2, 0) is 4.79 Å². The second-order valence-corrected chi connectivity index (χ2v) is 9.09. The summed E-state index contributed by atoms with van der Waals surface area (Å²) in [5, 5.41) is 0. The number of carbonyl (C=O) groups is 1. The summed E-state index contributed by atoms with van der Waals surface area (Å²) in [4.78, 5) is 14.7. The molecule has 1 saturated carbocycles. The highest BCUT2D eigenvalue weighted by molar-refractivity contribution is 8.02. The summed E-state index contributed by atoms with van der Waals surface area (Å²) in [5.41, 5.74) is 5.78. The zero-order valence-corrected chi connectivity index (χ0v) is 16.2. The van der Waals surface area contributed by atoms with Crippen LogP contribution >= 0.6 is 11.8 Å². The van der Waals surface area contributed by atoms with Crippen molar-refractivity contribution >= 4 is 17.5 Å². The first kappa shape index (κ1) is 19.1. The molecule has 3 heteroatoms. The van der Waals surface area contributed by atoms with Gasteiger partial charge >= 0.3 is 0 Å². The molecule has 0 heterocycles. The van der Waals surface area contributed by atoms with Gasteiger partial charge < -0.3 is 5.73 Å². The van der Waals surface area contributed by atoms with Gasteiger partial charge in [0.15, 0.2) is 0 Å². The maximum absolute atomic E-state index is 13.3. The molecule has 2 N–H and O–H groups in total. The predicted molar refractivity (Wildman–Crippen MR) is 101 cm³/mol. The molecule has 2 aliphatic rings. The summed E-state index contributed by atoms with van der Waals surface area (Å²) < 4.78 is 0. The summed E-state index contributed by atoms with van der Waals surface area (Å²) in [6, 6.07) is 0. The Morgan fingerprint density at radius 2 is 2.09 bits per heavy atom. The van der Waals surface area contributed by atoms with Crippen LogP contribution in [0.3, 0.4) is 0 Å². The molecule has 0 spiro atoms. The summed E-state index contributed by atoms with van der Waals surface area (Å²) in [7, 11) is 0. The van der Waals surface area contributed by atoms with Crippen molar-refractivity contribution in [3.8, 4) is 0 Å². The fourth-order valence-corrected chi connectivity index (χ4v) is 5.40. The SMILES string of the molecule is CSC1=CC(C(=O)C2CC(C)CCC2C(C)C)CC(CCN)C1. The molecule has 5 atom stereocenters. The van der Waals surface area contributed by atoms with E-state index in [0.29, 0.717) is 29.5 Å². The highest BCUT2D eigenvalue weighted by Crippen LogP contribution is 2.43. The predicted octanol–water partition coefficient (Wildman–Crippen LogP) is 4.89. The van der Waals surface area contributed by atoms with Gasteiger partial charge in [0.05, 0.1) is 0 Å². The summed E-state index contributed by atoms with van der Waals surface area (Å²) in [6.45, 7) is 7.64. The molecular formula is C20H35NOS. The van der Waals surface area contributed by atoms with E-state index in [9.17, 15) is 4.79 Å². The summed E-state index contributed by atoms with van der Waals surface area (Å²) in [5.74, 6) is 3.44. The third-order valence-electron chi connectivity index (χ3n) is 6.05. The van der Waals surface area contributed by atoms with Gasteiger partial charge in [-0.25, -0.2) is 0 Å². The van der Waals surface area contributed by atoms with Gasteiger partial charge in [-0.05, 0) is 73.5 Å². The monoisotopic (exact) mass is 337 g/mol. The fraction of sp³-hybridized carbons (Fsp3) is 0.850. The normalized spacial score (nSPS) is 35.2. The van der Waals surface area contributed by atoms with E-state index < -0.39 is 0 Å². The second-order valence-electron chi connectivity index (χ2n) is 8.16. The van der Waals surface area contributed by atoms with Crippen LogP contribution in [0.25, 0.3) is 0 Å². The van der Waals surface area contributed by atoms with E-state index in [0.717, 1.165) is 32.2 Å². The Kier molecular flexibility index (Phi) is 7.21. The van der Waals surface area contributed by atoms with Crippen molar-refractivity contribution in [3.05, 3.63) is 11.0 Å². The first-order chi connectivity index (χ1) is 11.0. The van der Waals surface area contributed by atoms with Crippen molar-refractivity contribution in [2.24, 2.45) is 41.2 Å². The lowest BCUT2D eigenvalue weighted by atomic mass is 9.65. The average molecular weight is 338 g/mol. The van der Waals surface area contributed by atoms with E-state index >= 15 is 0 Å². The molecule has 23 heavy (non-hydrogen) atoms. The van der Waals surface area contributed by atoms with Crippen molar-refractivity contribution in [3.63, 3.8) is 0 Å². The molecule has 132 valence electrons. The van der Waals surface area contributed by atoms with Crippen molar-refractivity contribution in [1.82, 2.24) is 0 Å². The maximum atomic E-state index is 13.3. The van der Waals surface area contributed by atoms with Gasteiger partial charge in [-0.3, -0.25) is 4.79 Å². The van der Waals surface area contributed by atoms with Crippen molar-refractivity contribution in [2.75, 3.05) is 12.8 Å². The van der Waals surface area contributed by atoms with Gasteiger partial charge in [-0.2, -0.15) is 0 Å². The van der Waals surface area contributed by atoms with Crippen molar-refractivity contribution < 1.29 is 4.79 Å². The third-order valence-corrected chi connectivity index (χ3v) is 6.88. The van der Waals surface area contributed by atoms with Gasteiger partial charge in [0.1, 0.15) is 5.78 Å².